The summed E-state index contributed by atoms with van der Waals surface area (Å²) in [6.45, 7) is 0.711. The zero-order chi connectivity index (χ0) is 11.4. The van der Waals surface area contributed by atoms with Gasteiger partial charge in [0.15, 0.2) is 5.82 Å². The van der Waals surface area contributed by atoms with Crippen molar-refractivity contribution < 1.29 is 4.79 Å². The van der Waals surface area contributed by atoms with E-state index in [2.05, 4.69) is 20.8 Å². The molecule has 1 fully saturated rings. The maximum atomic E-state index is 11.5. The van der Waals surface area contributed by atoms with E-state index >= 15 is 0 Å². The van der Waals surface area contributed by atoms with Gasteiger partial charge >= 0.3 is 0 Å². The van der Waals surface area contributed by atoms with Crippen LogP contribution in [0.15, 0.2) is 12.3 Å². The van der Waals surface area contributed by atoms with Crippen molar-refractivity contribution in [2.75, 3.05) is 11.9 Å². The van der Waals surface area contributed by atoms with Gasteiger partial charge in [-0.25, -0.2) is 0 Å². The van der Waals surface area contributed by atoms with Crippen LogP contribution in [0, 0.1) is 11.3 Å². The van der Waals surface area contributed by atoms with Crippen LogP contribution in [0.5, 0.6) is 0 Å². The van der Waals surface area contributed by atoms with Gasteiger partial charge in [-0.05, 0) is 18.9 Å². The zero-order valence-electron chi connectivity index (χ0n) is 8.60. The lowest BCUT2D eigenvalue weighted by Gasteiger charge is -2.23. The van der Waals surface area contributed by atoms with Gasteiger partial charge in [0.1, 0.15) is 12.1 Å². The molecule has 0 spiro atoms. The Balaban J connectivity index is 2.14. The minimum Gasteiger partial charge on any atom is -0.356 e. The summed E-state index contributed by atoms with van der Waals surface area (Å²) < 4.78 is 0. The second-order valence-corrected chi connectivity index (χ2v) is 3.54. The van der Waals surface area contributed by atoms with E-state index in [0.717, 1.165) is 12.8 Å². The highest BCUT2D eigenvalue weighted by Crippen LogP contribution is 2.13. The molecule has 1 aliphatic heterocycles. The van der Waals surface area contributed by atoms with E-state index in [0.29, 0.717) is 17.9 Å². The van der Waals surface area contributed by atoms with Gasteiger partial charge < -0.3 is 10.6 Å². The van der Waals surface area contributed by atoms with Gasteiger partial charge in [0.25, 0.3) is 0 Å². The van der Waals surface area contributed by atoms with Gasteiger partial charge in [0.05, 0.1) is 11.8 Å². The SMILES string of the molecule is N#Cc1ccnnc1NC1CCCNC1=O. The first-order valence-electron chi connectivity index (χ1n) is 5.07. The van der Waals surface area contributed by atoms with Gasteiger partial charge in [-0.2, -0.15) is 10.4 Å². The van der Waals surface area contributed by atoms with Gasteiger partial charge in [-0.3, -0.25) is 4.79 Å². The van der Waals surface area contributed by atoms with Gasteiger partial charge in [0, 0.05) is 6.54 Å². The number of hydrogen-bond donors (Lipinski definition) is 2. The third-order valence-corrected chi connectivity index (χ3v) is 2.44. The molecule has 0 aromatic carbocycles. The molecule has 1 amide bonds. The fourth-order valence-corrected chi connectivity index (χ4v) is 1.60. The largest absolute Gasteiger partial charge is 0.356 e. The highest BCUT2D eigenvalue weighted by atomic mass is 16.2. The molecule has 0 bridgehead atoms. The van der Waals surface area contributed by atoms with Crippen molar-refractivity contribution in [3.8, 4) is 6.07 Å². The average molecular weight is 217 g/mol. The number of hydrogen-bond acceptors (Lipinski definition) is 5. The van der Waals surface area contributed by atoms with E-state index in [1.807, 2.05) is 6.07 Å². The highest BCUT2D eigenvalue weighted by molar-refractivity contribution is 5.85. The fourth-order valence-electron chi connectivity index (χ4n) is 1.60. The molecule has 0 aliphatic carbocycles. The van der Waals surface area contributed by atoms with E-state index in [4.69, 9.17) is 5.26 Å². The first kappa shape index (κ1) is 10.4. The molecule has 1 aromatic rings. The van der Waals surface area contributed by atoms with Crippen LogP contribution >= 0.6 is 0 Å². The predicted molar refractivity (Wildman–Crippen MR) is 56.4 cm³/mol. The van der Waals surface area contributed by atoms with E-state index in [9.17, 15) is 4.79 Å². The molecule has 1 atom stereocenters. The molecule has 0 saturated carbocycles. The van der Waals surface area contributed by atoms with Crippen LogP contribution in [0.2, 0.25) is 0 Å². The van der Waals surface area contributed by atoms with Crippen LogP contribution in [0.1, 0.15) is 18.4 Å². The third-order valence-electron chi connectivity index (χ3n) is 2.44. The van der Waals surface area contributed by atoms with Crippen LogP contribution in [-0.2, 0) is 4.79 Å². The summed E-state index contributed by atoms with van der Waals surface area (Å²) >= 11 is 0. The van der Waals surface area contributed by atoms with Crippen molar-refractivity contribution in [2.45, 2.75) is 18.9 Å². The molecule has 1 aliphatic rings. The van der Waals surface area contributed by atoms with Crippen LogP contribution in [0.4, 0.5) is 5.82 Å². The number of nitrogens with one attached hydrogen (secondary N) is 2. The number of nitrogens with zero attached hydrogens (tertiary/aromatic N) is 3. The second-order valence-electron chi connectivity index (χ2n) is 3.54. The number of nitriles is 1. The van der Waals surface area contributed by atoms with Crippen LogP contribution < -0.4 is 10.6 Å². The Kier molecular flexibility index (Phi) is 2.96. The standard InChI is InChI=1S/C10H11N5O/c11-6-7-3-5-13-15-9(7)14-8-2-1-4-12-10(8)16/h3,5,8H,1-2,4H2,(H,12,16)(H,14,15). The molecular weight excluding hydrogens is 206 g/mol. The smallest absolute Gasteiger partial charge is 0.242 e. The molecule has 2 rings (SSSR count). The molecular formula is C10H11N5O. The zero-order valence-corrected chi connectivity index (χ0v) is 8.60. The van der Waals surface area contributed by atoms with Crippen molar-refractivity contribution in [1.29, 1.82) is 5.26 Å². The van der Waals surface area contributed by atoms with Gasteiger partial charge in [-0.15, -0.1) is 5.10 Å². The molecule has 1 saturated heterocycles. The van der Waals surface area contributed by atoms with Crippen molar-refractivity contribution in [1.82, 2.24) is 15.5 Å². The third kappa shape index (κ3) is 2.08. The quantitative estimate of drug-likeness (QED) is 0.729. The normalized spacial score (nSPS) is 19.7. The lowest BCUT2D eigenvalue weighted by atomic mass is 10.1. The summed E-state index contributed by atoms with van der Waals surface area (Å²) in [6, 6.07) is 3.25. The Morgan fingerprint density at radius 3 is 3.25 bits per heavy atom. The molecule has 1 aromatic heterocycles. The van der Waals surface area contributed by atoms with Crippen molar-refractivity contribution >= 4 is 11.7 Å². The van der Waals surface area contributed by atoms with E-state index in [1.54, 1.807) is 6.07 Å². The summed E-state index contributed by atoms with van der Waals surface area (Å²) in [5, 5.41) is 22.1. The second kappa shape index (κ2) is 4.57. The van der Waals surface area contributed by atoms with Crippen molar-refractivity contribution in [2.24, 2.45) is 0 Å². The topological polar surface area (TPSA) is 90.7 Å². The monoisotopic (exact) mass is 217 g/mol. The molecule has 0 radical (unpaired) electrons. The maximum Gasteiger partial charge on any atom is 0.242 e. The van der Waals surface area contributed by atoms with Crippen LogP contribution in [-0.4, -0.2) is 28.7 Å². The molecule has 6 heteroatoms. The summed E-state index contributed by atoms with van der Waals surface area (Å²) in [5.41, 5.74) is 0.397. The number of amides is 1. The highest BCUT2D eigenvalue weighted by Gasteiger charge is 2.22. The molecule has 6 nitrogen and oxygen atoms in total. The minimum absolute atomic E-state index is 0.0548. The Morgan fingerprint density at radius 2 is 2.50 bits per heavy atom. The number of aromatic nitrogens is 2. The van der Waals surface area contributed by atoms with Crippen molar-refractivity contribution in [3.05, 3.63) is 17.8 Å². The first-order chi connectivity index (χ1) is 7.81. The predicted octanol–water partition coefficient (Wildman–Crippen LogP) is 0.0388. The number of rotatable bonds is 2. The Labute approximate surface area is 92.7 Å². The lowest BCUT2D eigenvalue weighted by molar-refractivity contribution is -0.123. The number of piperidine rings is 1. The van der Waals surface area contributed by atoms with Crippen molar-refractivity contribution in [3.63, 3.8) is 0 Å². The van der Waals surface area contributed by atoms with Crippen LogP contribution in [0.25, 0.3) is 0 Å². The summed E-state index contributed by atoms with van der Waals surface area (Å²) in [4.78, 5) is 11.5. The Hall–Kier alpha value is -2.16. The average Bonchev–Trinajstić information content (AvgIpc) is 2.33. The van der Waals surface area contributed by atoms with Crippen LogP contribution in [0.3, 0.4) is 0 Å². The Bertz CT molecular complexity index is 439. The maximum absolute atomic E-state index is 11.5. The fraction of sp³-hybridized carbons (Fsp3) is 0.400. The summed E-state index contributed by atoms with van der Waals surface area (Å²) in [6.07, 6.45) is 3.11. The van der Waals surface area contributed by atoms with Gasteiger partial charge in [0.2, 0.25) is 5.91 Å². The number of anilines is 1. The van der Waals surface area contributed by atoms with E-state index < -0.39 is 0 Å². The van der Waals surface area contributed by atoms with E-state index in [1.165, 1.54) is 6.20 Å². The summed E-state index contributed by atoms with van der Waals surface area (Å²) in [7, 11) is 0. The Morgan fingerprint density at radius 1 is 1.62 bits per heavy atom. The molecule has 16 heavy (non-hydrogen) atoms. The molecule has 2 heterocycles. The molecule has 1 unspecified atom stereocenters. The number of carbonyl (C=O) groups is 1. The summed E-state index contributed by atoms with van der Waals surface area (Å²) in [5.74, 6) is 0.313. The molecule has 82 valence electrons. The first-order valence-corrected chi connectivity index (χ1v) is 5.07. The number of carbonyl (C=O) groups excluding carboxylic acids is 1. The lowest BCUT2D eigenvalue weighted by Crippen LogP contribution is -2.44. The molecule has 2 N–H and O–H groups in total. The van der Waals surface area contributed by atoms with Gasteiger partial charge in [-0.1, -0.05) is 0 Å². The van der Waals surface area contributed by atoms with E-state index in [-0.39, 0.29) is 11.9 Å². The minimum atomic E-state index is -0.322.